The Bertz CT molecular complexity index is 1030. The van der Waals surface area contributed by atoms with Crippen LogP contribution in [0.3, 0.4) is 0 Å². The summed E-state index contributed by atoms with van der Waals surface area (Å²) in [5, 5.41) is 12.5. The van der Waals surface area contributed by atoms with Gasteiger partial charge in [-0.05, 0) is 38.1 Å². The van der Waals surface area contributed by atoms with Gasteiger partial charge in [-0.3, -0.25) is 4.79 Å². The number of benzene rings is 1. The number of aromatic nitrogens is 5. The molecule has 29 heavy (non-hydrogen) atoms. The van der Waals surface area contributed by atoms with Gasteiger partial charge in [-0.2, -0.15) is 0 Å². The lowest BCUT2D eigenvalue weighted by Gasteiger charge is -2.09. The highest BCUT2D eigenvalue weighted by Crippen LogP contribution is 2.26. The number of carbonyl (C=O) groups is 1. The molecule has 0 fully saturated rings. The molecule has 0 unspecified atom stereocenters. The molecule has 1 amide bonds. The van der Waals surface area contributed by atoms with Gasteiger partial charge in [0, 0.05) is 33.7 Å². The molecule has 0 aliphatic carbocycles. The number of aryl methyl sites for hydroxylation is 2. The van der Waals surface area contributed by atoms with Crippen molar-refractivity contribution in [1.29, 1.82) is 0 Å². The van der Waals surface area contributed by atoms with Crippen molar-refractivity contribution in [3.63, 3.8) is 0 Å². The fraction of sp³-hybridized carbons (Fsp3) is 0.211. The zero-order valence-corrected chi connectivity index (χ0v) is 18.1. The molecule has 0 aliphatic heterocycles. The molecule has 10 heteroatoms. The van der Waals surface area contributed by atoms with Crippen LogP contribution in [-0.4, -0.2) is 37.4 Å². The SMILES string of the molecule is C=CCNC(=O)c1nnn(-c2cc(Cl)cc(Cl)c2)c1CSc1nc(C)cc(C)n1. The van der Waals surface area contributed by atoms with Crippen LogP contribution in [0, 0.1) is 13.8 Å². The third kappa shape index (κ3) is 5.35. The minimum atomic E-state index is -0.346. The lowest BCUT2D eigenvalue weighted by molar-refractivity contribution is 0.0952. The molecule has 1 aromatic carbocycles. The number of carbonyl (C=O) groups excluding carboxylic acids is 1. The van der Waals surface area contributed by atoms with Gasteiger partial charge in [-0.15, -0.1) is 11.7 Å². The van der Waals surface area contributed by atoms with Crippen molar-refractivity contribution in [3.05, 3.63) is 69.7 Å². The Balaban J connectivity index is 1.99. The smallest absolute Gasteiger partial charge is 0.274 e. The number of thioether (sulfide) groups is 1. The summed E-state index contributed by atoms with van der Waals surface area (Å²) in [6.07, 6.45) is 1.59. The number of nitrogens with one attached hydrogen (secondary N) is 1. The van der Waals surface area contributed by atoms with Gasteiger partial charge in [0.15, 0.2) is 10.9 Å². The number of rotatable bonds is 7. The summed E-state index contributed by atoms with van der Waals surface area (Å²) in [4.78, 5) is 21.4. The average Bonchev–Trinajstić information content (AvgIpc) is 3.07. The highest BCUT2D eigenvalue weighted by Gasteiger charge is 2.21. The van der Waals surface area contributed by atoms with E-state index >= 15 is 0 Å². The van der Waals surface area contributed by atoms with E-state index in [2.05, 4.69) is 32.2 Å². The molecule has 3 aromatic rings. The third-order valence-corrected chi connectivity index (χ3v) is 5.07. The van der Waals surface area contributed by atoms with Crippen LogP contribution in [0.5, 0.6) is 0 Å². The molecule has 0 bridgehead atoms. The zero-order valence-electron chi connectivity index (χ0n) is 15.8. The van der Waals surface area contributed by atoms with Crippen molar-refractivity contribution >= 4 is 40.9 Å². The molecular formula is C19H18Cl2N6OS. The predicted molar refractivity (Wildman–Crippen MR) is 115 cm³/mol. The molecule has 0 saturated carbocycles. The summed E-state index contributed by atoms with van der Waals surface area (Å²) < 4.78 is 1.55. The Hall–Kier alpha value is -2.42. The summed E-state index contributed by atoms with van der Waals surface area (Å²) in [6, 6.07) is 6.93. The van der Waals surface area contributed by atoms with Crippen molar-refractivity contribution in [2.75, 3.05) is 6.54 Å². The number of hydrogen-bond donors (Lipinski definition) is 1. The Morgan fingerprint density at radius 2 is 1.83 bits per heavy atom. The molecule has 3 rings (SSSR count). The maximum absolute atomic E-state index is 12.6. The summed E-state index contributed by atoms with van der Waals surface area (Å²) in [7, 11) is 0. The van der Waals surface area contributed by atoms with Crippen LogP contribution in [0.1, 0.15) is 27.6 Å². The van der Waals surface area contributed by atoms with Crippen molar-refractivity contribution in [3.8, 4) is 5.69 Å². The fourth-order valence-electron chi connectivity index (χ4n) is 2.62. The monoisotopic (exact) mass is 448 g/mol. The molecule has 1 N–H and O–H groups in total. The number of hydrogen-bond acceptors (Lipinski definition) is 6. The number of amides is 1. The molecule has 0 atom stereocenters. The first-order chi connectivity index (χ1) is 13.9. The first-order valence-electron chi connectivity index (χ1n) is 8.62. The van der Waals surface area contributed by atoms with Crippen molar-refractivity contribution < 1.29 is 4.79 Å². The zero-order chi connectivity index (χ0) is 21.0. The minimum absolute atomic E-state index is 0.208. The standard InChI is InChI=1S/C19H18Cl2N6OS/c1-4-5-22-18(28)17-16(10-29-19-23-11(2)6-12(3)24-19)27(26-25-17)15-8-13(20)7-14(21)9-15/h4,6-9H,1,5,10H2,2-3H3,(H,22,28). The predicted octanol–water partition coefficient (Wildman–Crippen LogP) is 4.19. The minimum Gasteiger partial charge on any atom is -0.347 e. The van der Waals surface area contributed by atoms with Crippen LogP contribution in [0.4, 0.5) is 0 Å². The highest BCUT2D eigenvalue weighted by atomic mass is 35.5. The molecular weight excluding hydrogens is 431 g/mol. The normalized spacial score (nSPS) is 10.8. The average molecular weight is 449 g/mol. The Labute approximate surface area is 182 Å². The maximum Gasteiger partial charge on any atom is 0.274 e. The van der Waals surface area contributed by atoms with Gasteiger partial charge >= 0.3 is 0 Å². The molecule has 2 heterocycles. The Kier molecular flexibility index (Phi) is 6.89. The number of halogens is 2. The summed E-state index contributed by atoms with van der Waals surface area (Å²) >= 11 is 13.7. The van der Waals surface area contributed by atoms with E-state index in [1.165, 1.54) is 11.8 Å². The second-order valence-electron chi connectivity index (χ2n) is 6.14. The van der Waals surface area contributed by atoms with Crippen molar-refractivity contribution in [2.24, 2.45) is 0 Å². The molecule has 0 radical (unpaired) electrons. The highest BCUT2D eigenvalue weighted by molar-refractivity contribution is 7.98. The first kappa shape index (κ1) is 21.3. The van der Waals surface area contributed by atoms with Gasteiger partial charge < -0.3 is 5.32 Å². The van der Waals surface area contributed by atoms with Gasteiger partial charge in [0.05, 0.1) is 11.4 Å². The van der Waals surface area contributed by atoms with Crippen LogP contribution >= 0.6 is 35.0 Å². The van der Waals surface area contributed by atoms with E-state index in [-0.39, 0.29) is 11.6 Å². The van der Waals surface area contributed by atoms with E-state index in [0.717, 1.165) is 11.4 Å². The second kappa shape index (κ2) is 9.39. The first-order valence-corrected chi connectivity index (χ1v) is 10.4. The summed E-state index contributed by atoms with van der Waals surface area (Å²) in [6.45, 7) is 7.75. The molecule has 150 valence electrons. The molecule has 7 nitrogen and oxygen atoms in total. The quantitative estimate of drug-likeness (QED) is 0.331. The van der Waals surface area contributed by atoms with Crippen molar-refractivity contribution in [2.45, 2.75) is 24.8 Å². The number of nitrogens with zero attached hydrogens (tertiary/aromatic N) is 5. The summed E-state index contributed by atoms with van der Waals surface area (Å²) in [5.74, 6) is 0.0258. The Morgan fingerprint density at radius 1 is 1.17 bits per heavy atom. The summed E-state index contributed by atoms with van der Waals surface area (Å²) in [5.41, 5.74) is 3.14. The van der Waals surface area contributed by atoms with Crippen molar-refractivity contribution in [1.82, 2.24) is 30.3 Å². The van der Waals surface area contributed by atoms with Gasteiger partial charge in [-0.1, -0.05) is 46.3 Å². The molecule has 0 saturated heterocycles. The van der Waals surface area contributed by atoms with Crippen LogP contribution in [0.2, 0.25) is 10.0 Å². The lowest BCUT2D eigenvalue weighted by Crippen LogP contribution is -2.25. The van der Waals surface area contributed by atoms with Crippen LogP contribution in [0.15, 0.2) is 42.1 Å². The fourth-order valence-corrected chi connectivity index (χ4v) is 4.07. The molecule has 0 aliphatic rings. The van der Waals surface area contributed by atoms with Gasteiger partial charge in [0.1, 0.15) is 0 Å². The van der Waals surface area contributed by atoms with E-state index in [0.29, 0.717) is 38.9 Å². The molecule has 0 spiro atoms. The van der Waals surface area contributed by atoms with E-state index in [9.17, 15) is 4.79 Å². The Morgan fingerprint density at radius 3 is 2.45 bits per heavy atom. The van der Waals surface area contributed by atoms with Crippen LogP contribution < -0.4 is 5.32 Å². The maximum atomic E-state index is 12.6. The molecule has 2 aromatic heterocycles. The van der Waals surface area contributed by atoms with Gasteiger partial charge in [0.2, 0.25) is 0 Å². The largest absolute Gasteiger partial charge is 0.347 e. The van der Waals surface area contributed by atoms with E-state index in [1.807, 2.05) is 19.9 Å². The van der Waals surface area contributed by atoms with Crippen LogP contribution in [0.25, 0.3) is 5.69 Å². The van der Waals surface area contributed by atoms with E-state index in [4.69, 9.17) is 23.2 Å². The van der Waals surface area contributed by atoms with Crippen LogP contribution in [-0.2, 0) is 5.75 Å². The second-order valence-corrected chi connectivity index (χ2v) is 7.96. The lowest BCUT2D eigenvalue weighted by atomic mass is 10.2. The van der Waals surface area contributed by atoms with E-state index < -0.39 is 0 Å². The van der Waals surface area contributed by atoms with Gasteiger partial charge in [-0.25, -0.2) is 14.6 Å². The topological polar surface area (TPSA) is 85.6 Å². The van der Waals surface area contributed by atoms with E-state index in [1.54, 1.807) is 29.0 Å². The van der Waals surface area contributed by atoms with Gasteiger partial charge in [0.25, 0.3) is 5.91 Å². The third-order valence-electron chi connectivity index (χ3n) is 3.78.